The first-order valence-corrected chi connectivity index (χ1v) is 7.87. The largest absolute Gasteiger partial charge is 0.381 e. The molecule has 0 unspecified atom stereocenters. The fourth-order valence-corrected chi connectivity index (χ4v) is 3.06. The van der Waals surface area contributed by atoms with Gasteiger partial charge in [0.15, 0.2) is 0 Å². The van der Waals surface area contributed by atoms with Crippen LogP contribution in [0.15, 0.2) is 18.2 Å². The molecule has 0 aromatic heterocycles. The van der Waals surface area contributed by atoms with Crippen molar-refractivity contribution in [3.63, 3.8) is 0 Å². The lowest BCUT2D eigenvalue weighted by Gasteiger charge is -2.34. The summed E-state index contributed by atoms with van der Waals surface area (Å²) in [6.45, 7) is 5.47. The van der Waals surface area contributed by atoms with Gasteiger partial charge in [0.1, 0.15) is 0 Å². The van der Waals surface area contributed by atoms with E-state index in [9.17, 15) is 0 Å². The standard InChI is InChI=1S/C17H26N2O/c1-13-11-14(12-18-15-4-5-15)3-6-17(13)19-9-7-16(20-2)8-10-19/h3,6,11,15-16,18H,4-5,7-10,12H2,1-2H3. The van der Waals surface area contributed by atoms with Crippen LogP contribution in [0.1, 0.15) is 36.8 Å². The minimum atomic E-state index is 0.452. The van der Waals surface area contributed by atoms with Gasteiger partial charge in [-0.25, -0.2) is 0 Å². The summed E-state index contributed by atoms with van der Waals surface area (Å²) in [6.07, 6.45) is 5.44. The van der Waals surface area contributed by atoms with Crippen LogP contribution >= 0.6 is 0 Å². The van der Waals surface area contributed by atoms with E-state index < -0.39 is 0 Å². The number of benzene rings is 1. The molecule has 1 aromatic rings. The Hall–Kier alpha value is -1.06. The average Bonchev–Trinajstić information content (AvgIpc) is 3.30. The summed E-state index contributed by atoms with van der Waals surface area (Å²) < 4.78 is 5.45. The first-order chi connectivity index (χ1) is 9.76. The van der Waals surface area contributed by atoms with Gasteiger partial charge in [-0.1, -0.05) is 12.1 Å². The van der Waals surface area contributed by atoms with E-state index in [-0.39, 0.29) is 0 Å². The molecule has 3 heteroatoms. The Morgan fingerprint density at radius 2 is 1.95 bits per heavy atom. The molecule has 1 aliphatic heterocycles. The third-order valence-corrected chi connectivity index (χ3v) is 4.55. The van der Waals surface area contributed by atoms with E-state index in [1.54, 1.807) is 0 Å². The fourth-order valence-electron chi connectivity index (χ4n) is 3.06. The van der Waals surface area contributed by atoms with Gasteiger partial charge in [-0.2, -0.15) is 0 Å². The second-order valence-electron chi connectivity index (χ2n) is 6.20. The molecule has 1 heterocycles. The maximum absolute atomic E-state index is 5.45. The second-order valence-corrected chi connectivity index (χ2v) is 6.20. The lowest BCUT2D eigenvalue weighted by molar-refractivity contribution is 0.0819. The van der Waals surface area contributed by atoms with Gasteiger partial charge in [0.2, 0.25) is 0 Å². The zero-order valence-electron chi connectivity index (χ0n) is 12.7. The van der Waals surface area contributed by atoms with Gasteiger partial charge in [-0.3, -0.25) is 0 Å². The summed E-state index contributed by atoms with van der Waals surface area (Å²) >= 11 is 0. The van der Waals surface area contributed by atoms with Crippen LogP contribution in [-0.4, -0.2) is 32.3 Å². The van der Waals surface area contributed by atoms with E-state index in [0.717, 1.165) is 38.5 Å². The molecule has 1 N–H and O–H groups in total. The van der Waals surface area contributed by atoms with Gasteiger partial charge in [0.05, 0.1) is 6.10 Å². The summed E-state index contributed by atoms with van der Waals surface area (Å²) in [4.78, 5) is 2.50. The molecular formula is C17H26N2O. The summed E-state index contributed by atoms with van der Waals surface area (Å²) in [5.74, 6) is 0. The zero-order chi connectivity index (χ0) is 13.9. The Morgan fingerprint density at radius 3 is 2.55 bits per heavy atom. The summed E-state index contributed by atoms with van der Waals surface area (Å²) in [5, 5.41) is 3.58. The normalized spacial score (nSPS) is 20.4. The topological polar surface area (TPSA) is 24.5 Å². The highest BCUT2D eigenvalue weighted by Crippen LogP contribution is 2.26. The predicted octanol–water partition coefficient (Wildman–Crippen LogP) is 2.86. The Morgan fingerprint density at radius 1 is 1.20 bits per heavy atom. The summed E-state index contributed by atoms with van der Waals surface area (Å²) in [7, 11) is 1.83. The molecule has 0 spiro atoms. The summed E-state index contributed by atoms with van der Waals surface area (Å²) in [6, 6.07) is 7.70. The number of hydrogen-bond donors (Lipinski definition) is 1. The van der Waals surface area contributed by atoms with Crippen molar-refractivity contribution in [1.82, 2.24) is 5.32 Å². The maximum atomic E-state index is 5.45. The van der Waals surface area contributed by atoms with E-state index >= 15 is 0 Å². The number of ether oxygens (including phenoxy) is 1. The quantitative estimate of drug-likeness (QED) is 0.893. The number of hydrogen-bond acceptors (Lipinski definition) is 3. The molecule has 1 saturated heterocycles. The Balaban J connectivity index is 1.61. The number of piperidine rings is 1. The molecule has 110 valence electrons. The van der Waals surface area contributed by atoms with E-state index in [1.165, 1.54) is 29.7 Å². The van der Waals surface area contributed by atoms with Crippen molar-refractivity contribution in [2.75, 3.05) is 25.1 Å². The monoisotopic (exact) mass is 274 g/mol. The highest BCUT2D eigenvalue weighted by atomic mass is 16.5. The third-order valence-electron chi connectivity index (χ3n) is 4.55. The van der Waals surface area contributed by atoms with E-state index in [0.29, 0.717) is 6.10 Å². The van der Waals surface area contributed by atoms with Gasteiger partial charge < -0.3 is 15.0 Å². The van der Waals surface area contributed by atoms with Gasteiger partial charge in [-0.15, -0.1) is 0 Å². The number of aryl methyl sites for hydroxylation is 1. The number of methoxy groups -OCH3 is 1. The van der Waals surface area contributed by atoms with Crippen LogP contribution < -0.4 is 10.2 Å². The molecule has 3 rings (SSSR count). The lowest BCUT2D eigenvalue weighted by Crippen LogP contribution is -2.37. The van der Waals surface area contributed by atoms with Crippen molar-refractivity contribution in [3.05, 3.63) is 29.3 Å². The molecule has 2 aliphatic rings. The van der Waals surface area contributed by atoms with Crippen LogP contribution in [0.3, 0.4) is 0 Å². The molecule has 0 radical (unpaired) electrons. The molecule has 1 saturated carbocycles. The van der Waals surface area contributed by atoms with Crippen LogP contribution in [0.2, 0.25) is 0 Å². The molecular weight excluding hydrogens is 248 g/mol. The Bertz CT molecular complexity index is 448. The van der Waals surface area contributed by atoms with Crippen molar-refractivity contribution >= 4 is 5.69 Å². The molecule has 3 nitrogen and oxygen atoms in total. The highest BCUT2D eigenvalue weighted by Gasteiger charge is 2.21. The number of rotatable bonds is 5. The van der Waals surface area contributed by atoms with Gasteiger partial charge in [-0.05, 0) is 49.8 Å². The van der Waals surface area contributed by atoms with Gasteiger partial charge in [0.25, 0.3) is 0 Å². The van der Waals surface area contributed by atoms with Crippen molar-refractivity contribution < 1.29 is 4.74 Å². The molecule has 2 fully saturated rings. The predicted molar refractivity (Wildman–Crippen MR) is 83.3 cm³/mol. The molecule has 1 aromatic carbocycles. The van der Waals surface area contributed by atoms with Gasteiger partial charge in [0, 0.05) is 38.5 Å². The molecule has 0 atom stereocenters. The van der Waals surface area contributed by atoms with E-state index in [2.05, 4.69) is 35.3 Å². The first kappa shape index (κ1) is 13.9. The van der Waals surface area contributed by atoms with Crippen molar-refractivity contribution in [2.45, 2.75) is 51.3 Å². The van der Waals surface area contributed by atoms with Crippen LogP contribution in [0.25, 0.3) is 0 Å². The Labute approximate surface area is 122 Å². The molecule has 0 amide bonds. The maximum Gasteiger partial charge on any atom is 0.0605 e. The minimum absolute atomic E-state index is 0.452. The fraction of sp³-hybridized carbons (Fsp3) is 0.647. The van der Waals surface area contributed by atoms with Crippen LogP contribution in [0.4, 0.5) is 5.69 Å². The third kappa shape index (κ3) is 3.33. The van der Waals surface area contributed by atoms with Crippen LogP contribution in [-0.2, 0) is 11.3 Å². The molecule has 20 heavy (non-hydrogen) atoms. The van der Waals surface area contributed by atoms with Crippen molar-refractivity contribution in [1.29, 1.82) is 0 Å². The SMILES string of the molecule is COC1CCN(c2ccc(CNC3CC3)cc2C)CC1. The van der Waals surface area contributed by atoms with E-state index in [4.69, 9.17) is 4.74 Å². The van der Waals surface area contributed by atoms with Crippen molar-refractivity contribution in [3.8, 4) is 0 Å². The second kappa shape index (κ2) is 6.15. The summed E-state index contributed by atoms with van der Waals surface area (Å²) in [5.41, 5.74) is 4.20. The first-order valence-electron chi connectivity index (χ1n) is 7.87. The molecule has 0 bridgehead atoms. The highest BCUT2D eigenvalue weighted by molar-refractivity contribution is 5.54. The van der Waals surface area contributed by atoms with Crippen LogP contribution in [0.5, 0.6) is 0 Å². The molecule has 1 aliphatic carbocycles. The van der Waals surface area contributed by atoms with Gasteiger partial charge >= 0.3 is 0 Å². The zero-order valence-corrected chi connectivity index (χ0v) is 12.7. The minimum Gasteiger partial charge on any atom is -0.381 e. The lowest BCUT2D eigenvalue weighted by atomic mass is 10.0. The Kier molecular flexibility index (Phi) is 4.27. The smallest absolute Gasteiger partial charge is 0.0605 e. The van der Waals surface area contributed by atoms with Crippen LogP contribution in [0, 0.1) is 6.92 Å². The van der Waals surface area contributed by atoms with E-state index in [1.807, 2.05) is 7.11 Å². The van der Waals surface area contributed by atoms with Crippen molar-refractivity contribution in [2.24, 2.45) is 0 Å². The average molecular weight is 274 g/mol. The number of anilines is 1. The number of nitrogens with zero attached hydrogens (tertiary/aromatic N) is 1. The number of nitrogens with one attached hydrogen (secondary N) is 1.